The van der Waals surface area contributed by atoms with Crippen LogP contribution in [0.3, 0.4) is 0 Å². The molecule has 0 aromatic heterocycles. The van der Waals surface area contributed by atoms with E-state index in [1.807, 2.05) is 0 Å². The summed E-state index contributed by atoms with van der Waals surface area (Å²) < 4.78 is 9.97. The lowest BCUT2D eigenvalue weighted by molar-refractivity contribution is -0.146. The molecule has 0 bridgehead atoms. The first-order valence-corrected chi connectivity index (χ1v) is 4.52. The quantitative estimate of drug-likeness (QED) is 0.317. The Kier molecular flexibility index (Phi) is 1.60. The van der Waals surface area contributed by atoms with Crippen molar-refractivity contribution in [1.82, 2.24) is 0 Å². The minimum absolute atomic E-state index is 0.0591. The van der Waals surface area contributed by atoms with Crippen LogP contribution in [0.5, 0.6) is 0 Å². The number of epoxide rings is 1. The molecule has 0 N–H and O–H groups in total. The van der Waals surface area contributed by atoms with Gasteiger partial charge in [0.25, 0.3) is 0 Å². The third-order valence-corrected chi connectivity index (χ3v) is 2.42. The van der Waals surface area contributed by atoms with E-state index < -0.39 is 0 Å². The minimum Gasteiger partial charge on any atom is -0.460 e. The number of carbonyl (C=O) groups excluding carboxylic acids is 1. The van der Waals surface area contributed by atoms with Gasteiger partial charge in [0.15, 0.2) is 6.10 Å². The molecule has 2 aliphatic rings. The highest BCUT2D eigenvalue weighted by molar-refractivity contribution is 14.1. The van der Waals surface area contributed by atoms with Crippen molar-refractivity contribution in [3.63, 3.8) is 0 Å². The molecular formula is C6H7IO3. The van der Waals surface area contributed by atoms with Crippen LogP contribution in [-0.4, -0.2) is 22.3 Å². The second-order valence-corrected chi connectivity index (χ2v) is 3.77. The highest BCUT2D eigenvalue weighted by atomic mass is 127. The molecule has 1 aliphatic heterocycles. The summed E-state index contributed by atoms with van der Waals surface area (Å²) in [6, 6.07) is 0. The third kappa shape index (κ3) is 1.42. The molecule has 2 atom stereocenters. The Morgan fingerprint density at radius 2 is 2.20 bits per heavy atom. The zero-order valence-corrected chi connectivity index (χ0v) is 7.41. The summed E-state index contributed by atoms with van der Waals surface area (Å²) in [5, 5.41) is 0. The average Bonchev–Trinajstić information content (AvgIpc) is 2.66. The lowest BCUT2D eigenvalue weighted by Gasteiger charge is -1.96. The van der Waals surface area contributed by atoms with Gasteiger partial charge in [0.05, 0.1) is 0 Å². The van der Waals surface area contributed by atoms with Crippen molar-refractivity contribution in [3.05, 3.63) is 0 Å². The minimum atomic E-state index is -0.263. The van der Waals surface area contributed by atoms with E-state index in [2.05, 4.69) is 22.6 Å². The lowest BCUT2D eigenvalue weighted by Crippen LogP contribution is -2.13. The summed E-state index contributed by atoms with van der Waals surface area (Å²) in [6.07, 6.45) is 2.01. The normalized spacial score (nSPS) is 37.3. The zero-order valence-electron chi connectivity index (χ0n) is 5.25. The van der Waals surface area contributed by atoms with E-state index in [-0.39, 0.29) is 22.3 Å². The van der Waals surface area contributed by atoms with Crippen LogP contribution in [0.2, 0.25) is 0 Å². The summed E-state index contributed by atoms with van der Waals surface area (Å²) in [7, 11) is 0. The van der Waals surface area contributed by atoms with Crippen LogP contribution in [0.1, 0.15) is 12.8 Å². The van der Waals surface area contributed by atoms with Crippen molar-refractivity contribution in [2.24, 2.45) is 0 Å². The van der Waals surface area contributed by atoms with Gasteiger partial charge < -0.3 is 9.47 Å². The van der Waals surface area contributed by atoms with Gasteiger partial charge in [-0.25, -0.2) is 4.79 Å². The number of carbonyl (C=O) groups is 1. The zero-order chi connectivity index (χ0) is 7.14. The Bertz CT molecular complexity index is 166. The second kappa shape index (κ2) is 2.34. The summed E-state index contributed by atoms with van der Waals surface area (Å²) in [4.78, 5) is 10.9. The predicted octanol–water partition coefficient (Wildman–Crippen LogP) is 0.852. The van der Waals surface area contributed by atoms with Crippen LogP contribution in [0.4, 0.5) is 0 Å². The smallest absolute Gasteiger partial charge is 0.339 e. The summed E-state index contributed by atoms with van der Waals surface area (Å²) in [5.41, 5.74) is 0. The fourth-order valence-corrected chi connectivity index (χ4v) is 1.28. The molecule has 1 saturated carbocycles. The van der Waals surface area contributed by atoms with E-state index in [1.165, 1.54) is 0 Å². The molecule has 0 aromatic carbocycles. The molecule has 1 heterocycles. The lowest BCUT2D eigenvalue weighted by atomic mass is 10.5. The first-order valence-electron chi connectivity index (χ1n) is 3.27. The Balaban J connectivity index is 1.76. The van der Waals surface area contributed by atoms with Crippen molar-refractivity contribution < 1.29 is 14.3 Å². The Hall–Kier alpha value is 0.160. The molecule has 3 nitrogen and oxygen atoms in total. The number of alkyl halides is 1. The van der Waals surface area contributed by atoms with Crippen molar-refractivity contribution in [2.75, 3.05) is 0 Å². The topological polar surface area (TPSA) is 38.8 Å². The fourth-order valence-electron chi connectivity index (χ4n) is 0.674. The van der Waals surface area contributed by atoms with E-state index in [0.29, 0.717) is 0 Å². The monoisotopic (exact) mass is 254 g/mol. The number of hydrogen-bond acceptors (Lipinski definition) is 3. The molecule has 4 heteroatoms. The van der Waals surface area contributed by atoms with Crippen molar-refractivity contribution in [3.8, 4) is 0 Å². The fraction of sp³-hybridized carbons (Fsp3) is 0.833. The molecule has 2 rings (SSSR count). The van der Waals surface area contributed by atoms with Gasteiger partial charge in [0, 0.05) is 0 Å². The first kappa shape index (κ1) is 6.84. The highest BCUT2D eigenvalue weighted by Crippen LogP contribution is 2.32. The Morgan fingerprint density at radius 3 is 2.60 bits per heavy atom. The van der Waals surface area contributed by atoms with Crippen LogP contribution in [0, 0.1) is 0 Å². The molecule has 2 unspecified atom stereocenters. The number of esters is 1. The van der Waals surface area contributed by atoms with Gasteiger partial charge in [-0.2, -0.15) is 0 Å². The number of ether oxygens (including phenoxy) is 2. The number of rotatable bonds is 2. The molecule has 0 aromatic rings. The predicted molar refractivity (Wildman–Crippen MR) is 41.8 cm³/mol. The summed E-state index contributed by atoms with van der Waals surface area (Å²) >= 11 is 2.08. The Morgan fingerprint density at radius 1 is 1.60 bits per heavy atom. The van der Waals surface area contributed by atoms with Crippen LogP contribution in [-0.2, 0) is 14.3 Å². The maximum Gasteiger partial charge on any atom is 0.339 e. The molecule has 2 fully saturated rings. The van der Waals surface area contributed by atoms with Gasteiger partial charge >= 0.3 is 5.97 Å². The first-order chi connectivity index (χ1) is 4.77. The molecular weight excluding hydrogens is 247 g/mol. The summed E-state index contributed by atoms with van der Waals surface area (Å²) in [5.74, 6) is -0.179. The van der Waals surface area contributed by atoms with Crippen LogP contribution >= 0.6 is 22.6 Å². The van der Waals surface area contributed by atoms with Crippen LogP contribution in [0.15, 0.2) is 0 Å². The van der Waals surface area contributed by atoms with Crippen molar-refractivity contribution >= 4 is 28.6 Å². The molecule has 56 valence electrons. The molecule has 0 amide bonds. The molecule has 0 spiro atoms. The number of hydrogen-bond donors (Lipinski definition) is 0. The second-order valence-electron chi connectivity index (χ2n) is 2.54. The molecule has 1 aliphatic carbocycles. The third-order valence-electron chi connectivity index (χ3n) is 1.48. The summed E-state index contributed by atoms with van der Waals surface area (Å²) in [6.45, 7) is 0. The molecule has 10 heavy (non-hydrogen) atoms. The van der Waals surface area contributed by atoms with E-state index >= 15 is 0 Å². The standard InChI is InChI=1S/C6H7IO3/c7-5-4(10-5)6(8)9-3-1-2-3/h3-5H,1-2H2. The van der Waals surface area contributed by atoms with Gasteiger partial charge in [-0.05, 0) is 35.4 Å². The van der Waals surface area contributed by atoms with E-state index in [0.717, 1.165) is 12.8 Å². The maximum atomic E-state index is 10.9. The van der Waals surface area contributed by atoms with Crippen molar-refractivity contribution in [2.45, 2.75) is 29.2 Å². The maximum absolute atomic E-state index is 10.9. The Labute approximate surface area is 72.2 Å². The molecule has 0 radical (unpaired) electrons. The SMILES string of the molecule is O=C(OC1CC1)C1OC1I. The van der Waals surface area contributed by atoms with Gasteiger partial charge in [-0.3, -0.25) is 0 Å². The highest BCUT2D eigenvalue weighted by Gasteiger charge is 2.46. The van der Waals surface area contributed by atoms with E-state index in [9.17, 15) is 4.79 Å². The average molecular weight is 254 g/mol. The van der Waals surface area contributed by atoms with Gasteiger partial charge in [-0.15, -0.1) is 0 Å². The van der Waals surface area contributed by atoms with E-state index in [1.54, 1.807) is 0 Å². The number of halogens is 1. The van der Waals surface area contributed by atoms with Gasteiger partial charge in [-0.1, -0.05) is 0 Å². The van der Waals surface area contributed by atoms with Crippen LogP contribution < -0.4 is 0 Å². The largest absolute Gasteiger partial charge is 0.460 e. The van der Waals surface area contributed by atoms with Gasteiger partial charge in [0.2, 0.25) is 0 Å². The van der Waals surface area contributed by atoms with Crippen LogP contribution in [0.25, 0.3) is 0 Å². The van der Waals surface area contributed by atoms with Crippen molar-refractivity contribution in [1.29, 1.82) is 0 Å². The van der Waals surface area contributed by atoms with E-state index in [4.69, 9.17) is 9.47 Å². The van der Waals surface area contributed by atoms with Gasteiger partial charge in [0.1, 0.15) is 10.2 Å². The molecule has 1 saturated heterocycles.